The predicted octanol–water partition coefficient (Wildman–Crippen LogP) is -4.04. The summed E-state index contributed by atoms with van der Waals surface area (Å²) in [6.07, 6.45) is -11.8. The maximum atomic E-state index is 10.2. The monoisotopic (exact) mass is 240 g/mol. The largest absolute Gasteiger partial charge is 0.479 e. The molecule has 0 spiro atoms. The third-order valence-corrected chi connectivity index (χ3v) is 1.85. The van der Waals surface area contributed by atoms with Crippen molar-refractivity contribution in [2.45, 2.75) is 30.5 Å². The van der Waals surface area contributed by atoms with Crippen LogP contribution < -0.4 is 0 Å². The molecule has 0 rings (SSSR count). The smallest absolute Gasteiger partial charge is 0.335 e. The minimum atomic E-state index is -2.41. The average molecular weight is 240 g/mol. The highest BCUT2D eigenvalue weighted by atomic mass is 16.4. The van der Waals surface area contributed by atoms with Gasteiger partial charge in [-0.15, -0.1) is 0 Å². The van der Waals surface area contributed by atoms with Crippen molar-refractivity contribution in [3.63, 3.8) is 0 Å². The number of carboxylic acid groups (broad SMARTS) is 2. The Kier molecular flexibility index (Phi) is 5.27. The second-order valence-corrected chi connectivity index (χ2v) is 3.04. The molecule has 94 valence electrons. The standard InChI is InChI=1S/C7H12O9/c8-1(2(9)4(11)6(13)14)3(10)5(12)7(15)16/h1-5,8-12H,(H,13,14)(H,15,16)/t1?,2-,3-,4-,5+/m1/s1. The van der Waals surface area contributed by atoms with Crippen LogP contribution in [0.1, 0.15) is 0 Å². The van der Waals surface area contributed by atoms with E-state index >= 15 is 0 Å². The van der Waals surface area contributed by atoms with E-state index in [1.54, 1.807) is 0 Å². The van der Waals surface area contributed by atoms with Crippen molar-refractivity contribution in [1.29, 1.82) is 0 Å². The maximum Gasteiger partial charge on any atom is 0.335 e. The van der Waals surface area contributed by atoms with Crippen LogP contribution in [0.3, 0.4) is 0 Å². The van der Waals surface area contributed by atoms with Crippen molar-refractivity contribution < 1.29 is 45.3 Å². The van der Waals surface area contributed by atoms with Gasteiger partial charge in [-0.3, -0.25) is 0 Å². The molecule has 0 heterocycles. The summed E-state index contributed by atoms with van der Waals surface area (Å²) < 4.78 is 0. The van der Waals surface area contributed by atoms with Crippen molar-refractivity contribution in [2.24, 2.45) is 0 Å². The Balaban J connectivity index is 4.60. The fraction of sp³-hybridized carbons (Fsp3) is 0.714. The summed E-state index contributed by atoms with van der Waals surface area (Å²) in [5, 5.41) is 61.2. The number of hydrogen-bond donors (Lipinski definition) is 7. The Morgan fingerprint density at radius 2 is 0.875 bits per heavy atom. The number of carbonyl (C=O) groups is 2. The lowest BCUT2D eigenvalue weighted by atomic mass is 9.99. The lowest BCUT2D eigenvalue weighted by Gasteiger charge is -2.25. The topological polar surface area (TPSA) is 176 Å². The Bertz CT molecular complexity index is 239. The highest BCUT2D eigenvalue weighted by Gasteiger charge is 2.39. The van der Waals surface area contributed by atoms with Crippen molar-refractivity contribution in [1.82, 2.24) is 0 Å². The zero-order chi connectivity index (χ0) is 13.0. The summed E-state index contributed by atoms with van der Waals surface area (Å²) in [5.41, 5.74) is 0. The molecule has 0 aromatic carbocycles. The van der Waals surface area contributed by atoms with Crippen molar-refractivity contribution in [2.75, 3.05) is 0 Å². The molecule has 0 saturated heterocycles. The first-order chi connectivity index (χ1) is 7.20. The third-order valence-electron chi connectivity index (χ3n) is 1.85. The molecule has 0 aliphatic rings. The first-order valence-electron chi connectivity index (χ1n) is 4.06. The van der Waals surface area contributed by atoms with Gasteiger partial charge in [-0.05, 0) is 0 Å². The fourth-order valence-corrected chi connectivity index (χ4v) is 0.868. The number of aliphatic carboxylic acids is 2. The Hall–Kier alpha value is -1.26. The molecule has 0 aromatic heterocycles. The molecule has 0 aliphatic carbocycles. The van der Waals surface area contributed by atoms with Gasteiger partial charge in [0.1, 0.15) is 18.3 Å². The normalized spacial score (nSPS) is 20.6. The van der Waals surface area contributed by atoms with E-state index in [-0.39, 0.29) is 0 Å². The van der Waals surface area contributed by atoms with Crippen LogP contribution >= 0.6 is 0 Å². The highest BCUT2D eigenvalue weighted by Crippen LogP contribution is 2.09. The van der Waals surface area contributed by atoms with Crippen LogP contribution in [0.15, 0.2) is 0 Å². The SMILES string of the molecule is O=C(O)[C@@H](O)[C@H](O)C(O)[C@@H](O)[C@@H](O)C(=O)O. The van der Waals surface area contributed by atoms with Crippen LogP contribution in [0, 0.1) is 0 Å². The van der Waals surface area contributed by atoms with E-state index in [2.05, 4.69) is 0 Å². The summed E-state index contributed by atoms with van der Waals surface area (Å²) >= 11 is 0. The van der Waals surface area contributed by atoms with Crippen LogP contribution in [0.2, 0.25) is 0 Å². The van der Waals surface area contributed by atoms with E-state index in [0.29, 0.717) is 0 Å². The summed E-state index contributed by atoms with van der Waals surface area (Å²) in [6.45, 7) is 0. The molecule has 0 saturated carbocycles. The van der Waals surface area contributed by atoms with E-state index in [1.165, 1.54) is 0 Å². The first kappa shape index (κ1) is 14.7. The van der Waals surface area contributed by atoms with E-state index in [0.717, 1.165) is 0 Å². The molecule has 0 aromatic rings. The molecule has 0 amide bonds. The molecule has 9 heteroatoms. The molecular formula is C7H12O9. The minimum absolute atomic E-state index is 1.87. The van der Waals surface area contributed by atoms with Gasteiger partial charge in [0.15, 0.2) is 12.2 Å². The van der Waals surface area contributed by atoms with Gasteiger partial charge in [-0.25, -0.2) is 9.59 Å². The molecular weight excluding hydrogens is 228 g/mol. The van der Waals surface area contributed by atoms with Gasteiger partial charge in [0.25, 0.3) is 0 Å². The van der Waals surface area contributed by atoms with Crippen molar-refractivity contribution >= 4 is 11.9 Å². The van der Waals surface area contributed by atoms with Gasteiger partial charge in [0.05, 0.1) is 0 Å². The van der Waals surface area contributed by atoms with E-state index in [4.69, 9.17) is 35.7 Å². The predicted molar refractivity (Wildman–Crippen MR) is 45.3 cm³/mol. The zero-order valence-electron chi connectivity index (χ0n) is 7.83. The minimum Gasteiger partial charge on any atom is -0.479 e. The highest BCUT2D eigenvalue weighted by molar-refractivity contribution is 5.74. The van der Waals surface area contributed by atoms with E-state index in [1.807, 2.05) is 0 Å². The summed E-state index contributed by atoms with van der Waals surface area (Å²) in [4.78, 5) is 20.4. The van der Waals surface area contributed by atoms with Gasteiger partial charge in [0.2, 0.25) is 0 Å². The molecule has 7 N–H and O–H groups in total. The molecule has 0 bridgehead atoms. The van der Waals surface area contributed by atoms with E-state index < -0.39 is 42.5 Å². The summed E-state index contributed by atoms with van der Waals surface area (Å²) in [6, 6.07) is 0. The Labute approximate surface area is 88.8 Å². The molecule has 0 fully saturated rings. The van der Waals surface area contributed by atoms with Gasteiger partial charge in [0, 0.05) is 0 Å². The summed E-state index contributed by atoms with van der Waals surface area (Å²) in [5.74, 6) is -3.74. The van der Waals surface area contributed by atoms with Crippen molar-refractivity contribution in [3.8, 4) is 0 Å². The summed E-state index contributed by atoms with van der Waals surface area (Å²) in [7, 11) is 0. The molecule has 0 aliphatic heterocycles. The van der Waals surface area contributed by atoms with Gasteiger partial charge in [-0.2, -0.15) is 0 Å². The maximum absolute atomic E-state index is 10.2. The fourth-order valence-electron chi connectivity index (χ4n) is 0.868. The third kappa shape index (κ3) is 3.40. The number of hydrogen-bond acceptors (Lipinski definition) is 7. The van der Waals surface area contributed by atoms with Crippen LogP contribution in [0.25, 0.3) is 0 Å². The molecule has 0 radical (unpaired) electrons. The average Bonchev–Trinajstić information content (AvgIpc) is 2.23. The van der Waals surface area contributed by atoms with Crippen LogP contribution in [-0.4, -0.2) is 78.2 Å². The molecule has 1 unspecified atom stereocenters. The number of aliphatic hydroxyl groups excluding tert-OH is 5. The molecule has 5 atom stereocenters. The lowest BCUT2D eigenvalue weighted by molar-refractivity contribution is -0.175. The number of aliphatic hydroxyl groups is 5. The van der Waals surface area contributed by atoms with Gasteiger partial charge < -0.3 is 35.7 Å². The van der Waals surface area contributed by atoms with Crippen molar-refractivity contribution in [3.05, 3.63) is 0 Å². The Morgan fingerprint density at radius 1 is 0.625 bits per heavy atom. The Morgan fingerprint density at radius 3 is 1.06 bits per heavy atom. The van der Waals surface area contributed by atoms with E-state index in [9.17, 15) is 9.59 Å². The van der Waals surface area contributed by atoms with Gasteiger partial charge in [-0.1, -0.05) is 0 Å². The van der Waals surface area contributed by atoms with Crippen LogP contribution in [-0.2, 0) is 9.59 Å². The second-order valence-electron chi connectivity index (χ2n) is 3.04. The van der Waals surface area contributed by atoms with Gasteiger partial charge >= 0.3 is 11.9 Å². The number of rotatable bonds is 6. The van der Waals surface area contributed by atoms with Crippen LogP contribution in [0.5, 0.6) is 0 Å². The quantitative estimate of drug-likeness (QED) is 0.243. The molecule has 9 nitrogen and oxygen atoms in total. The van der Waals surface area contributed by atoms with Crippen LogP contribution in [0.4, 0.5) is 0 Å². The zero-order valence-corrected chi connectivity index (χ0v) is 7.83. The first-order valence-corrected chi connectivity index (χ1v) is 4.06. The second kappa shape index (κ2) is 5.72. The lowest BCUT2D eigenvalue weighted by Crippen LogP contribution is -2.52. The number of carboxylic acids is 2. The molecule has 16 heavy (non-hydrogen) atoms.